The van der Waals surface area contributed by atoms with Crippen molar-refractivity contribution < 1.29 is 23.1 Å². The maximum Gasteiger partial charge on any atom is 0.410 e. The molecule has 0 saturated carbocycles. The molecule has 1 N–H and O–H groups in total. The first-order valence-corrected chi connectivity index (χ1v) is 9.35. The molecule has 2 rings (SSSR count). The molecule has 2 bridgehead atoms. The highest BCUT2D eigenvalue weighted by Gasteiger charge is 2.40. The second-order valence-electron chi connectivity index (χ2n) is 6.98. The lowest BCUT2D eigenvalue weighted by atomic mass is 10.1. The van der Waals surface area contributed by atoms with Crippen molar-refractivity contribution in [3.8, 4) is 0 Å². The van der Waals surface area contributed by atoms with Crippen molar-refractivity contribution in [3.05, 3.63) is 0 Å². The summed E-state index contributed by atoms with van der Waals surface area (Å²) in [7, 11) is -3.37. The van der Waals surface area contributed by atoms with Crippen LogP contribution in [-0.2, 0) is 14.8 Å². The number of aliphatic hydroxyl groups excluding tert-OH is 1. The highest BCUT2D eigenvalue weighted by atomic mass is 32.2. The van der Waals surface area contributed by atoms with Crippen LogP contribution >= 0.6 is 0 Å². The number of sulfonamides is 1. The first-order valence-electron chi connectivity index (χ1n) is 7.74. The van der Waals surface area contributed by atoms with E-state index in [1.807, 2.05) is 0 Å². The van der Waals surface area contributed by atoms with Crippen LogP contribution in [0.3, 0.4) is 0 Å². The second kappa shape index (κ2) is 6.33. The van der Waals surface area contributed by atoms with Gasteiger partial charge in [-0.3, -0.25) is 0 Å². The van der Waals surface area contributed by atoms with Gasteiger partial charge in [0.05, 0.1) is 18.4 Å². The van der Waals surface area contributed by atoms with Gasteiger partial charge in [0, 0.05) is 19.1 Å². The summed E-state index contributed by atoms with van der Waals surface area (Å²) < 4.78 is 31.4. The summed E-state index contributed by atoms with van der Waals surface area (Å²) in [6, 6.07) is -0.634. The van der Waals surface area contributed by atoms with Crippen LogP contribution in [0.5, 0.6) is 0 Å². The molecule has 22 heavy (non-hydrogen) atoms. The number of carbonyl (C=O) groups is 1. The maximum atomic E-state index is 12.5. The van der Waals surface area contributed by atoms with Gasteiger partial charge in [-0.15, -0.1) is 0 Å². The number of fused-ring (bicyclic) bond motifs is 3. The Kier molecular flexibility index (Phi) is 5.03. The molecule has 1 unspecified atom stereocenters. The van der Waals surface area contributed by atoms with E-state index in [4.69, 9.17) is 4.74 Å². The Morgan fingerprint density at radius 2 is 2.00 bits per heavy atom. The Morgan fingerprint density at radius 1 is 1.32 bits per heavy atom. The Morgan fingerprint density at radius 3 is 2.59 bits per heavy atom. The number of hydrogen-bond acceptors (Lipinski definition) is 5. The summed E-state index contributed by atoms with van der Waals surface area (Å²) in [6.07, 6.45) is 1.30. The summed E-state index contributed by atoms with van der Waals surface area (Å²) in [4.78, 5) is 14.1. The third-order valence-electron chi connectivity index (χ3n) is 4.07. The number of hydrogen-bond donors (Lipinski definition) is 1. The number of aliphatic hydroxyl groups is 1. The number of amides is 1. The van der Waals surface area contributed by atoms with E-state index in [0.29, 0.717) is 25.8 Å². The zero-order valence-electron chi connectivity index (χ0n) is 13.5. The highest BCUT2D eigenvalue weighted by molar-refractivity contribution is 7.89. The van der Waals surface area contributed by atoms with Crippen LogP contribution in [0.15, 0.2) is 0 Å². The van der Waals surface area contributed by atoms with Crippen molar-refractivity contribution >= 4 is 16.1 Å². The van der Waals surface area contributed by atoms with Gasteiger partial charge >= 0.3 is 6.09 Å². The Bertz CT molecular complexity index is 514. The van der Waals surface area contributed by atoms with Crippen molar-refractivity contribution in [2.24, 2.45) is 0 Å². The fourth-order valence-corrected chi connectivity index (χ4v) is 4.80. The largest absolute Gasteiger partial charge is 0.444 e. The standard InChI is InChI=1S/C14H26N2O5S/c1-14(2,3)21-13(18)15-9-12(10-17)16-7-6-11(15)5-4-8-22(16,19)20/h11-12,17H,4-10H2,1-3H3/t11-,12-/m1/s1. The first-order chi connectivity index (χ1) is 10.1. The van der Waals surface area contributed by atoms with Crippen molar-refractivity contribution in [1.82, 2.24) is 9.21 Å². The fraction of sp³-hybridized carbons (Fsp3) is 0.929. The summed E-state index contributed by atoms with van der Waals surface area (Å²) >= 11 is 0. The van der Waals surface area contributed by atoms with Gasteiger partial charge in [0.15, 0.2) is 0 Å². The molecular weight excluding hydrogens is 308 g/mol. The first kappa shape index (κ1) is 17.5. The minimum Gasteiger partial charge on any atom is -0.444 e. The minimum absolute atomic E-state index is 0.0376. The predicted molar refractivity (Wildman–Crippen MR) is 81.9 cm³/mol. The van der Waals surface area contributed by atoms with E-state index in [-0.39, 0.29) is 24.9 Å². The molecule has 0 aromatic heterocycles. The van der Waals surface area contributed by atoms with Gasteiger partial charge in [-0.25, -0.2) is 13.2 Å². The zero-order chi connectivity index (χ0) is 16.5. The van der Waals surface area contributed by atoms with Gasteiger partial charge in [0.1, 0.15) is 5.60 Å². The third kappa shape index (κ3) is 3.91. The van der Waals surface area contributed by atoms with Crippen molar-refractivity contribution in [1.29, 1.82) is 0 Å². The molecule has 2 aliphatic heterocycles. The molecule has 2 heterocycles. The number of carbonyl (C=O) groups excluding carboxylic acids is 1. The van der Waals surface area contributed by atoms with Crippen LogP contribution in [0.1, 0.15) is 40.0 Å². The van der Waals surface area contributed by atoms with Crippen LogP contribution in [0, 0.1) is 0 Å². The number of rotatable bonds is 1. The van der Waals surface area contributed by atoms with Crippen molar-refractivity contribution in [2.75, 3.05) is 25.4 Å². The van der Waals surface area contributed by atoms with Crippen LogP contribution in [-0.4, -0.2) is 72.0 Å². The molecule has 0 radical (unpaired) electrons. The summed E-state index contributed by atoms with van der Waals surface area (Å²) in [5.41, 5.74) is -0.603. The average molecular weight is 334 g/mol. The van der Waals surface area contributed by atoms with Gasteiger partial charge in [0.25, 0.3) is 0 Å². The van der Waals surface area contributed by atoms with Gasteiger partial charge in [0.2, 0.25) is 10.0 Å². The average Bonchev–Trinajstić information content (AvgIpc) is 2.52. The molecular formula is C14H26N2O5S. The predicted octanol–water partition coefficient (Wildman–Crippen LogP) is 0.782. The molecule has 2 aliphatic rings. The molecule has 0 spiro atoms. The van der Waals surface area contributed by atoms with E-state index in [1.54, 1.807) is 25.7 Å². The lowest BCUT2D eigenvalue weighted by Crippen LogP contribution is -2.49. The zero-order valence-corrected chi connectivity index (χ0v) is 14.3. The van der Waals surface area contributed by atoms with E-state index in [9.17, 15) is 18.3 Å². The maximum absolute atomic E-state index is 12.5. The lowest BCUT2D eigenvalue weighted by Gasteiger charge is -2.33. The quantitative estimate of drug-likeness (QED) is 0.766. The summed E-state index contributed by atoms with van der Waals surface area (Å²) in [5.74, 6) is 0.0716. The second-order valence-corrected chi connectivity index (χ2v) is 9.02. The smallest absolute Gasteiger partial charge is 0.410 e. The van der Waals surface area contributed by atoms with E-state index in [2.05, 4.69) is 0 Å². The molecule has 3 atom stereocenters. The normalized spacial score (nSPS) is 32.0. The lowest BCUT2D eigenvalue weighted by molar-refractivity contribution is 0.0130. The molecule has 0 aromatic rings. The van der Waals surface area contributed by atoms with E-state index in [1.165, 1.54) is 4.31 Å². The summed E-state index contributed by atoms with van der Waals surface area (Å²) in [5, 5.41) is 9.60. The third-order valence-corrected chi connectivity index (χ3v) is 6.07. The molecule has 128 valence electrons. The van der Waals surface area contributed by atoms with Gasteiger partial charge in [-0.2, -0.15) is 4.31 Å². The minimum atomic E-state index is -3.37. The summed E-state index contributed by atoms with van der Waals surface area (Å²) in [6.45, 7) is 5.63. The Labute approximate surface area is 132 Å². The van der Waals surface area contributed by atoms with Crippen LogP contribution in [0.4, 0.5) is 4.79 Å². The fourth-order valence-electron chi connectivity index (χ4n) is 3.06. The van der Waals surface area contributed by atoms with Crippen molar-refractivity contribution in [3.63, 3.8) is 0 Å². The molecule has 0 aromatic carbocycles. The van der Waals surface area contributed by atoms with Gasteiger partial charge in [-0.05, 0) is 40.0 Å². The van der Waals surface area contributed by atoms with Crippen molar-refractivity contribution in [2.45, 2.75) is 57.7 Å². The Balaban J connectivity index is 2.28. The Hall–Kier alpha value is -0.860. The van der Waals surface area contributed by atoms with E-state index in [0.717, 1.165) is 0 Å². The van der Waals surface area contributed by atoms with Gasteiger partial charge in [-0.1, -0.05) is 0 Å². The van der Waals surface area contributed by atoms with Gasteiger partial charge < -0.3 is 14.7 Å². The number of nitrogens with zero attached hydrogens (tertiary/aromatic N) is 2. The van der Waals surface area contributed by atoms with Crippen LogP contribution in [0.25, 0.3) is 0 Å². The SMILES string of the molecule is CC(C)(C)OC(=O)N1C[C@H](CO)N2CC[C@H]1CCCS2(=O)=O. The molecule has 2 saturated heterocycles. The molecule has 8 heteroatoms. The topological polar surface area (TPSA) is 87.2 Å². The molecule has 7 nitrogen and oxygen atoms in total. The highest BCUT2D eigenvalue weighted by Crippen LogP contribution is 2.27. The van der Waals surface area contributed by atoms with E-state index >= 15 is 0 Å². The van der Waals surface area contributed by atoms with Crippen LogP contribution < -0.4 is 0 Å². The molecule has 2 fully saturated rings. The molecule has 0 aliphatic carbocycles. The van der Waals surface area contributed by atoms with E-state index < -0.39 is 27.8 Å². The molecule has 1 amide bonds. The monoisotopic (exact) mass is 334 g/mol. The number of ether oxygens (including phenoxy) is 1. The van der Waals surface area contributed by atoms with Crippen LogP contribution in [0.2, 0.25) is 0 Å².